The summed E-state index contributed by atoms with van der Waals surface area (Å²) in [6, 6.07) is 3.16. The Morgan fingerprint density at radius 3 is 2.27 bits per heavy atom. The Morgan fingerprint density at radius 2 is 1.91 bits per heavy atom. The quantitative estimate of drug-likeness (QED) is 0.522. The SMILES string of the molecule is CC(C)(C)c1ccc(F)nc1. The summed E-state index contributed by atoms with van der Waals surface area (Å²) in [4.78, 5) is 3.58. The van der Waals surface area contributed by atoms with Crippen molar-refractivity contribution in [3.05, 3.63) is 29.8 Å². The van der Waals surface area contributed by atoms with Crippen molar-refractivity contribution in [2.75, 3.05) is 0 Å². The van der Waals surface area contributed by atoms with Crippen LogP contribution in [0.15, 0.2) is 18.3 Å². The van der Waals surface area contributed by atoms with Gasteiger partial charge in [0.2, 0.25) is 5.95 Å². The Labute approximate surface area is 66.3 Å². The molecule has 0 aliphatic rings. The Bertz CT molecular complexity index is 233. The van der Waals surface area contributed by atoms with Gasteiger partial charge in [-0.1, -0.05) is 26.8 Å². The Balaban J connectivity index is 2.99. The van der Waals surface area contributed by atoms with E-state index < -0.39 is 5.95 Å². The first-order chi connectivity index (χ1) is 5.00. The molecule has 0 atom stereocenters. The minimum atomic E-state index is -0.419. The van der Waals surface area contributed by atoms with Crippen LogP contribution in [0.5, 0.6) is 0 Å². The number of halogens is 1. The van der Waals surface area contributed by atoms with Crippen LogP contribution in [0.4, 0.5) is 4.39 Å². The highest BCUT2D eigenvalue weighted by Gasteiger charge is 2.13. The molecule has 0 aliphatic heterocycles. The second-order valence-electron chi connectivity index (χ2n) is 3.62. The molecule has 1 aromatic heterocycles. The van der Waals surface area contributed by atoms with Gasteiger partial charge in [-0.25, -0.2) is 4.98 Å². The minimum Gasteiger partial charge on any atom is -0.228 e. The van der Waals surface area contributed by atoms with Gasteiger partial charge < -0.3 is 0 Å². The third-order valence-electron chi connectivity index (χ3n) is 1.59. The molecular formula is C9H12FN. The maximum atomic E-state index is 12.4. The van der Waals surface area contributed by atoms with Crippen molar-refractivity contribution < 1.29 is 4.39 Å². The predicted molar refractivity (Wildman–Crippen MR) is 42.9 cm³/mol. The molecule has 0 spiro atoms. The number of nitrogens with zero attached hydrogens (tertiary/aromatic N) is 1. The third kappa shape index (κ3) is 2.00. The largest absolute Gasteiger partial charge is 0.228 e. The fourth-order valence-corrected chi connectivity index (χ4v) is 0.819. The Hall–Kier alpha value is -0.920. The highest BCUT2D eigenvalue weighted by Crippen LogP contribution is 2.20. The monoisotopic (exact) mass is 153 g/mol. The van der Waals surface area contributed by atoms with E-state index >= 15 is 0 Å². The van der Waals surface area contributed by atoms with E-state index in [0.29, 0.717) is 0 Å². The van der Waals surface area contributed by atoms with Crippen molar-refractivity contribution >= 4 is 0 Å². The Morgan fingerprint density at radius 1 is 1.27 bits per heavy atom. The maximum absolute atomic E-state index is 12.4. The fraction of sp³-hybridized carbons (Fsp3) is 0.444. The first-order valence-corrected chi connectivity index (χ1v) is 3.62. The molecule has 0 amide bonds. The number of hydrogen-bond acceptors (Lipinski definition) is 1. The van der Waals surface area contributed by atoms with Crippen LogP contribution in [0.1, 0.15) is 26.3 Å². The van der Waals surface area contributed by atoms with E-state index in [9.17, 15) is 4.39 Å². The van der Waals surface area contributed by atoms with E-state index in [2.05, 4.69) is 25.8 Å². The van der Waals surface area contributed by atoms with Crippen molar-refractivity contribution in [2.24, 2.45) is 0 Å². The molecule has 11 heavy (non-hydrogen) atoms. The van der Waals surface area contributed by atoms with Gasteiger partial charge in [0, 0.05) is 6.20 Å². The van der Waals surface area contributed by atoms with Gasteiger partial charge in [-0.15, -0.1) is 0 Å². The van der Waals surface area contributed by atoms with Gasteiger partial charge in [0.25, 0.3) is 0 Å². The highest BCUT2D eigenvalue weighted by molar-refractivity contribution is 5.18. The molecule has 0 bridgehead atoms. The normalized spacial score (nSPS) is 11.6. The van der Waals surface area contributed by atoms with Crippen LogP contribution in [0.3, 0.4) is 0 Å². The van der Waals surface area contributed by atoms with Crippen LogP contribution in [-0.4, -0.2) is 4.98 Å². The lowest BCUT2D eigenvalue weighted by Gasteiger charge is -2.17. The molecule has 2 heteroatoms. The molecule has 1 aromatic rings. The molecule has 60 valence electrons. The van der Waals surface area contributed by atoms with E-state index in [1.807, 2.05) is 0 Å². The van der Waals surface area contributed by atoms with Gasteiger partial charge in [0.05, 0.1) is 0 Å². The van der Waals surface area contributed by atoms with Crippen LogP contribution in [0.25, 0.3) is 0 Å². The molecule has 1 rings (SSSR count). The van der Waals surface area contributed by atoms with Gasteiger partial charge in [0.1, 0.15) is 0 Å². The summed E-state index contributed by atoms with van der Waals surface area (Å²) in [5.74, 6) is -0.419. The molecule has 0 unspecified atom stereocenters. The van der Waals surface area contributed by atoms with E-state index in [1.54, 1.807) is 12.3 Å². The molecule has 1 nitrogen and oxygen atoms in total. The molecule has 0 aromatic carbocycles. The lowest BCUT2D eigenvalue weighted by atomic mass is 9.88. The van der Waals surface area contributed by atoms with Crippen molar-refractivity contribution in [1.29, 1.82) is 0 Å². The zero-order valence-electron chi connectivity index (χ0n) is 7.06. The van der Waals surface area contributed by atoms with Crippen LogP contribution in [0, 0.1) is 5.95 Å². The van der Waals surface area contributed by atoms with Gasteiger partial charge in [0.15, 0.2) is 0 Å². The number of hydrogen-bond donors (Lipinski definition) is 0. The summed E-state index contributed by atoms with van der Waals surface area (Å²) in [5, 5.41) is 0. The zero-order chi connectivity index (χ0) is 8.48. The molecule has 0 N–H and O–H groups in total. The average molecular weight is 153 g/mol. The van der Waals surface area contributed by atoms with Gasteiger partial charge >= 0.3 is 0 Å². The molecule has 0 saturated heterocycles. The van der Waals surface area contributed by atoms with Crippen molar-refractivity contribution in [3.8, 4) is 0 Å². The van der Waals surface area contributed by atoms with Crippen molar-refractivity contribution in [2.45, 2.75) is 26.2 Å². The third-order valence-corrected chi connectivity index (χ3v) is 1.59. The standard InChI is InChI=1S/C9H12FN/c1-9(2,3)7-4-5-8(10)11-6-7/h4-6H,1-3H3. The fourth-order valence-electron chi connectivity index (χ4n) is 0.819. The van der Waals surface area contributed by atoms with E-state index in [1.165, 1.54) is 6.07 Å². The van der Waals surface area contributed by atoms with Crippen LogP contribution < -0.4 is 0 Å². The highest BCUT2D eigenvalue weighted by atomic mass is 19.1. The summed E-state index contributed by atoms with van der Waals surface area (Å²) < 4.78 is 12.4. The number of rotatable bonds is 0. The molecule has 0 aliphatic carbocycles. The first kappa shape index (κ1) is 8.18. The lowest BCUT2D eigenvalue weighted by molar-refractivity contribution is 0.559. The van der Waals surface area contributed by atoms with Crippen LogP contribution >= 0.6 is 0 Å². The van der Waals surface area contributed by atoms with Crippen molar-refractivity contribution in [3.63, 3.8) is 0 Å². The zero-order valence-corrected chi connectivity index (χ0v) is 7.06. The average Bonchev–Trinajstić information content (AvgIpc) is 1.86. The predicted octanol–water partition coefficient (Wildman–Crippen LogP) is 2.52. The molecular weight excluding hydrogens is 141 g/mol. The van der Waals surface area contributed by atoms with Gasteiger partial charge in [-0.3, -0.25) is 0 Å². The second-order valence-corrected chi connectivity index (χ2v) is 3.62. The van der Waals surface area contributed by atoms with E-state index in [-0.39, 0.29) is 5.41 Å². The second kappa shape index (κ2) is 2.61. The summed E-state index contributed by atoms with van der Waals surface area (Å²) in [6.07, 6.45) is 1.58. The molecule has 0 saturated carbocycles. The first-order valence-electron chi connectivity index (χ1n) is 3.62. The van der Waals surface area contributed by atoms with Crippen molar-refractivity contribution in [1.82, 2.24) is 4.98 Å². The van der Waals surface area contributed by atoms with Crippen LogP contribution in [0.2, 0.25) is 0 Å². The van der Waals surface area contributed by atoms with Crippen LogP contribution in [-0.2, 0) is 5.41 Å². The smallest absolute Gasteiger partial charge is 0.212 e. The summed E-state index contributed by atoms with van der Waals surface area (Å²) in [7, 11) is 0. The van der Waals surface area contributed by atoms with Gasteiger partial charge in [-0.2, -0.15) is 4.39 Å². The Kier molecular flexibility index (Phi) is 1.94. The summed E-state index contributed by atoms with van der Waals surface area (Å²) >= 11 is 0. The van der Waals surface area contributed by atoms with E-state index in [0.717, 1.165) is 5.56 Å². The topological polar surface area (TPSA) is 12.9 Å². The van der Waals surface area contributed by atoms with Gasteiger partial charge in [-0.05, 0) is 17.0 Å². The minimum absolute atomic E-state index is 0.0562. The number of aromatic nitrogens is 1. The molecule has 0 fully saturated rings. The van der Waals surface area contributed by atoms with E-state index in [4.69, 9.17) is 0 Å². The molecule has 0 radical (unpaired) electrons. The lowest BCUT2D eigenvalue weighted by Crippen LogP contribution is -2.11. The number of pyridine rings is 1. The molecule has 1 heterocycles. The summed E-state index contributed by atoms with van der Waals surface area (Å²) in [5.41, 5.74) is 1.11. The summed E-state index contributed by atoms with van der Waals surface area (Å²) in [6.45, 7) is 6.21. The maximum Gasteiger partial charge on any atom is 0.212 e.